The van der Waals surface area contributed by atoms with Gasteiger partial charge in [0.05, 0.1) is 0 Å². The summed E-state index contributed by atoms with van der Waals surface area (Å²) in [5.41, 5.74) is 4.78. The van der Waals surface area contributed by atoms with Gasteiger partial charge in [-0.3, -0.25) is 4.79 Å². The first kappa shape index (κ1) is 18.6. The molecule has 27 heavy (non-hydrogen) atoms. The Morgan fingerprint density at radius 3 is 2.44 bits per heavy atom. The van der Waals surface area contributed by atoms with Crippen molar-refractivity contribution in [1.82, 2.24) is 15.3 Å². The normalized spacial score (nSPS) is 10.5. The Balaban J connectivity index is 1.70. The van der Waals surface area contributed by atoms with Crippen molar-refractivity contribution in [2.75, 3.05) is 5.32 Å². The highest BCUT2D eigenvalue weighted by Crippen LogP contribution is 2.17. The van der Waals surface area contributed by atoms with E-state index in [9.17, 15) is 4.79 Å². The summed E-state index contributed by atoms with van der Waals surface area (Å²) in [7, 11) is 0. The lowest BCUT2D eigenvalue weighted by molar-refractivity contribution is 0.0945. The topological polar surface area (TPSA) is 66.9 Å². The minimum atomic E-state index is -0.216. The van der Waals surface area contributed by atoms with Crippen LogP contribution < -0.4 is 10.6 Å². The van der Waals surface area contributed by atoms with E-state index in [1.807, 2.05) is 37.3 Å². The van der Waals surface area contributed by atoms with Gasteiger partial charge in [-0.15, -0.1) is 0 Å². The predicted molar refractivity (Wildman–Crippen MR) is 108 cm³/mol. The molecule has 0 saturated carbocycles. The molecule has 1 amide bonds. The number of benzene rings is 2. The van der Waals surface area contributed by atoms with Gasteiger partial charge in [0.2, 0.25) is 0 Å². The van der Waals surface area contributed by atoms with Crippen LogP contribution >= 0.6 is 0 Å². The van der Waals surface area contributed by atoms with Gasteiger partial charge in [0.25, 0.3) is 5.91 Å². The smallest absolute Gasteiger partial charge is 0.270 e. The quantitative estimate of drug-likeness (QED) is 0.687. The molecular formula is C22H24N4O. The molecule has 138 valence electrons. The van der Waals surface area contributed by atoms with Crippen molar-refractivity contribution in [3.63, 3.8) is 0 Å². The van der Waals surface area contributed by atoms with E-state index in [1.165, 1.54) is 11.1 Å². The molecule has 0 atom stereocenters. The molecule has 3 aromatic rings. The van der Waals surface area contributed by atoms with Gasteiger partial charge >= 0.3 is 0 Å². The lowest BCUT2D eigenvalue weighted by Crippen LogP contribution is -2.24. The highest BCUT2D eigenvalue weighted by molar-refractivity contribution is 5.93. The van der Waals surface area contributed by atoms with Crippen LogP contribution in [0.4, 0.5) is 11.5 Å². The van der Waals surface area contributed by atoms with Crippen molar-refractivity contribution >= 4 is 17.4 Å². The maximum absolute atomic E-state index is 12.5. The summed E-state index contributed by atoms with van der Waals surface area (Å²) in [6.07, 6.45) is 0.998. The minimum absolute atomic E-state index is 0.216. The summed E-state index contributed by atoms with van der Waals surface area (Å²) in [5, 5.41) is 6.16. The summed E-state index contributed by atoms with van der Waals surface area (Å²) >= 11 is 0. The van der Waals surface area contributed by atoms with Crippen molar-refractivity contribution in [1.29, 1.82) is 0 Å². The first-order chi connectivity index (χ1) is 13.0. The second kappa shape index (κ2) is 8.45. The van der Waals surface area contributed by atoms with Crippen LogP contribution in [0.1, 0.15) is 39.9 Å². The fraction of sp³-hybridized carbons (Fsp3) is 0.227. The van der Waals surface area contributed by atoms with Gasteiger partial charge in [-0.05, 0) is 43.5 Å². The SMILES string of the molecule is CCc1ccc(Nc2cc(C(=O)NCc3cccc(C)c3)nc(C)n2)cc1. The van der Waals surface area contributed by atoms with Gasteiger partial charge in [0.15, 0.2) is 0 Å². The van der Waals surface area contributed by atoms with Crippen LogP contribution in [-0.4, -0.2) is 15.9 Å². The van der Waals surface area contributed by atoms with E-state index in [-0.39, 0.29) is 5.91 Å². The van der Waals surface area contributed by atoms with Crippen LogP contribution in [-0.2, 0) is 13.0 Å². The molecule has 0 radical (unpaired) electrons. The van der Waals surface area contributed by atoms with Crippen LogP contribution in [0.5, 0.6) is 0 Å². The lowest BCUT2D eigenvalue weighted by Gasteiger charge is -2.10. The number of anilines is 2. The van der Waals surface area contributed by atoms with Gasteiger partial charge in [0, 0.05) is 18.3 Å². The lowest BCUT2D eigenvalue weighted by atomic mass is 10.1. The third kappa shape index (κ3) is 5.14. The van der Waals surface area contributed by atoms with Crippen LogP contribution in [0.2, 0.25) is 0 Å². The molecule has 2 aromatic carbocycles. The zero-order chi connectivity index (χ0) is 19.2. The third-order valence-corrected chi connectivity index (χ3v) is 4.24. The van der Waals surface area contributed by atoms with Crippen molar-refractivity contribution < 1.29 is 4.79 Å². The maximum atomic E-state index is 12.5. The van der Waals surface area contributed by atoms with E-state index in [0.29, 0.717) is 23.9 Å². The largest absolute Gasteiger partial charge is 0.347 e. The Morgan fingerprint density at radius 2 is 1.74 bits per heavy atom. The van der Waals surface area contributed by atoms with E-state index in [1.54, 1.807) is 13.0 Å². The molecule has 3 rings (SSSR count). The van der Waals surface area contributed by atoms with Crippen molar-refractivity contribution in [2.24, 2.45) is 0 Å². The Bertz CT molecular complexity index is 935. The van der Waals surface area contributed by atoms with E-state index in [0.717, 1.165) is 17.7 Å². The zero-order valence-corrected chi connectivity index (χ0v) is 15.9. The molecule has 0 fully saturated rings. The number of nitrogens with one attached hydrogen (secondary N) is 2. The number of aryl methyl sites for hydroxylation is 3. The first-order valence-corrected chi connectivity index (χ1v) is 9.09. The number of hydrogen-bond acceptors (Lipinski definition) is 4. The second-order valence-electron chi connectivity index (χ2n) is 6.53. The molecule has 0 aliphatic heterocycles. The molecule has 0 saturated heterocycles. The average Bonchev–Trinajstić information content (AvgIpc) is 2.66. The molecule has 5 nitrogen and oxygen atoms in total. The third-order valence-electron chi connectivity index (χ3n) is 4.24. The van der Waals surface area contributed by atoms with E-state index < -0.39 is 0 Å². The number of rotatable bonds is 6. The molecular weight excluding hydrogens is 336 g/mol. The van der Waals surface area contributed by atoms with E-state index >= 15 is 0 Å². The number of nitrogens with zero attached hydrogens (tertiary/aromatic N) is 2. The Morgan fingerprint density at radius 1 is 0.963 bits per heavy atom. The molecule has 1 aromatic heterocycles. The van der Waals surface area contributed by atoms with Crippen LogP contribution in [0.15, 0.2) is 54.6 Å². The second-order valence-corrected chi connectivity index (χ2v) is 6.53. The Labute approximate surface area is 159 Å². The molecule has 5 heteroatoms. The summed E-state index contributed by atoms with van der Waals surface area (Å²) in [5.74, 6) is 0.935. The molecule has 0 spiro atoms. The minimum Gasteiger partial charge on any atom is -0.347 e. The summed E-state index contributed by atoms with van der Waals surface area (Å²) in [4.78, 5) is 21.2. The highest BCUT2D eigenvalue weighted by Gasteiger charge is 2.11. The van der Waals surface area contributed by atoms with Crippen molar-refractivity contribution in [3.05, 3.63) is 82.8 Å². The number of carbonyl (C=O) groups is 1. The van der Waals surface area contributed by atoms with Crippen molar-refractivity contribution in [3.8, 4) is 0 Å². The van der Waals surface area contributed by atoms with Crippen LogP contribution in [0, 0.1) is 13.8 Å². The van der Waals surface area contributed by atoms with Gasteiger partial charge in [-0.25, -0.2) is 9.97 Å². The fourth-order valence-corrected chi connectivity index (χ4v) is 2.81. The standard InChI is InChI=1S/C22H24N4O/c1-4-17-8-10-19(11-9-17)26-21-13-20(24-16(3)25-21)22(27)23-14-18-7-5-6-15(2)12-18/h5-13H,4,14H2,1-3H3,(H,23,27)(H,24,25,26). The fourth-order valence-electron chi connectivity index (χ4n) is 2.81. The molecule has 0 bridgehead atoms. The van der Waals surface area contributed by atoms with E-state index in [2.05, 4.69) is 45.7 Å². The summed E-state index contributed by atoms with van der Waals surface area (Å²) < 4.78 is 0. The predicted octanol–water partition coefficient (Wildman–Crippen LogP) is 4.33. The number of aromatic nitrogens is 2. The van der Waals surface area contributed by atoms with Gasteiger partial charge < -0.3 is 10.6 Å². The number of amides is 1. The number of hydrogen-bond donors (Lipinski definition) is 2. The molecule has 0 aliphatic carbocycles. The zero-order valence-electron chi connectivity index (χ0n) is 15.9. The Kier molecular flexibility index (Phi) is 5.81. The Hall–Kier alpha value is -3.21. The van der Waals surface area contributed by atoms with Gasteiger partial charge in [0.1, 0.15) is 17.3 Å². The molecule has 1 heterocycles. The molecule has 2 N–H and O–H groups in total. The maximum Gasteiger partial charge on any atom is 0.270 e. The van der Waals surface area contributed by atoms with Gasteiger partial charge in [-0.1, -0.05) is 48.9 Å². The first-order valence-electron chi connectivity index (χ1n) is 9.09. The monoisotopic (exact) mass is 360 g/mol. The van der Waals surface area contributed by atoms with Gasteiger partial charge in [-0.2, -0.15) is 0 Å². The van der Waals surface area contributed by atoms with E-state index in [4.69, 9.17) is 0 Å². The highest BCUT2D eigenvalue weighted by atomic mass is 16.1. The van der Waals surface area contributed by atoms with Crippen LogP contribution in [0.25, 0.3) is 0 Å². The molecule has 0 unspecified atom stereocenters. The van der Waals surface area contributed by atoms with Crippen molar-refractivity contribution in [2.45, 2.75) is 33.7 Å². The van der Waals surface area contributed by atoms with Crippen LogP contribution in [0.3, 0.4) is 0 Å². The molecule has 0 aliphatic rings. The average molecular weight is 360 g/mol. The summed E-state index contributed by atoms with van der Waals surface area (Å²) in [6, 6.07) is 17.9. The summed E-state index contributed by atoms with van der Waals surface area (Å²) in [6.45, 7) is 6.40. The number of carbonyl (C=O) groups excluding carboxylic acids is 1.